The molecule has 0 unspecified atom stereocenters. The molecule has 0 radical (unpaired) electrons. The van der Waals surface area contributed by atoms with Gasteiger partial charge in [0, 0.05) is 18.0 Å². The number of rotatable bonds is 6. The van der Waals surface area contributed by atoms with Crippen LogP contribution in [0.15, 0.2) is 93.7 Å². The summed E-state index contributed by atoms with van der Waals surface area (Å²) < 4.78 is 2.52. The number of nitrogens with one attached hydrogen (secondary N) is 1. The smallest absolute Gasteiger partial charge is 0.273 e. The fourth-order valence-electron chi connectivity index (χ4n) is 3.59. The van der Waals surface area contributed by atoms with Crippen LogP contribution in [0.3, 0.4) is 0 Å². The van der Waals surface area contributed by atoms with Crippen molar-refractivity contribution in [3.05, 3.63) is 116 Å². The van der Waals surface area contributed by atoms with Crippen molar-refractivity contribution in [2.45, 2.75) is 17.3 Å². The Bertz CT molecular complexity index is 1680. The molecule has 0 aliphatic carbocycles. The second-order valence-electron chi connectivity index (χ2n) is 7.70. The molecule has 3 aromatic heterocycles. The highest BCUT2D eigenvalue weighted by molar-refractivity contribution is 7.98. The quantitative estimate of drug-likeness (QED) is 0.280. The monoisotopic (exact) mass is 503 g/mol. The van der Waals surface area contributed by atoms with Gasteiger partial charge in [-0.15, -0.1) is 0 Å². The number of hydrogen-bond acceptors (Lipinski definition) is 6. The Labute approximate surface area is 208 Å². The third-order valence-corrected chi connectivity index (χ3v) is 6.41. The standard InChI is InChI=1S/C25H18ClN5O3S/c26-17-10-11-21-27-18(13-23(33)30(21)14-17)15-35-25-28-20-9-5-4-8-19(20)24(34)31(25)29-22(32)12-16-6-2-1-3-7-16/h1-11,13-14H,12,15H2,(H,29,32). The van der Waals surface area contributed by atoms with E-state index in [9.17, 15) is 14.4 Å². The Hall–Kier alpha value is -3.95. The van der Waals surface area contributed by atoms with Gasteiger partial charge in [-0.2, -0.15) is 4.68 Å². The predicted octanol–water partition coefficient (Wildman–Crippen LogP) is 3.66. The van der Waals surface area contributed by atoms with Crippen LogP contribution >= 0.6 is 23.4 Å². The predicted molar refractivity (Wildman–Crippen MR) is 137 cm³/mol. The summed E-state index contributed by atoms with van der Waals surface area (Å²) in [6, 6.07) is 20.9. The number of pyridine rings is 1. The summed E-state index contributed by atoms with van der Waals surface area (Å²) in [5.74, 6) is -0.0931. The molecular formula is C25H18ClN5O3S. The first kappa shape index (κ1) is 22.8. The molecule has 174 valence electrons. The van der Waals surface area contributed by atoms with Crippen molar-refractivity contribution in [3.63, 3.8) is 0 Å². The molecule has 0 saturated carbocycles. The number of carbonyl (C=O) groups is 1. The van der Waals surface area contributed by atoms with Gasteiger partial charge in [0.25, 0.3) is 11.1 Å². The molecule has 0 aliphatic heterocycles. The Morgan fingerprint density at radius 3 is 2.57 bits per heavy atom. The van der Waals surface area contributed by atoms with Crippen LogP contribution in [0.1, 0.15) is 11.3 Å². The highest BCUT2D eigenvalue weighted by Gasteiger charge is 2.15. The van der Waals surface area contributed by atoms with Crippen molar-refractivity contribution in [1.82, 2.24) is 19.0 Å². The summed E-state index contributed by atoms with van der Waals surface area (Å²) in [4.78, 5) is 47.6. The first-order chi connectivity index (χ1) is 17.0. The first-order valence-corrected chi connectivity index (χ1v) is 12.0. The zero-order valence-corrected chi connectivity index (χ0v) is 19.8. The number of amides is 1. The van der Waals surface area contributed by atoms with Gasteiger partial charge in [-0.3, -0.25) is 24.2 Å². The molecule has 5 rings (SSSR count). The SMILES string of the molecule is O=C(Cc1ccccc1)Nn1c(SCc2cc(=O)n3cc(Cl)ccc3n2)nc2ccccc2c1=O. The van der Waals surface area contributed by atoms with Gasteiger partial charge < -0.3 is 0 Å². The highest BCUT2D eigenvalue weighted by Crippen LogP contribution is 2.21. The van der Waals surface area contributed by atoms with Gasteiger partial charge in [-0.1, -0.05) is 65.8 Å². The van der Waals surface area contributed by atoms with Crippen molar-refractivity contribution < 1.29 is 4.79 Å². The third kappa shape index (κ3) is 4.96. The Kier molecular flexibility index (Phi) is 6.35. The van der Waals surface area contributed by atoms with Crippen molar-refractivity contribution in [1.29, 1.82) is 0 Å². The molecule has 0 aliphatic rings. The Morgan fingerprint density at radius 2 is 1.74 bits per heavy atom. The number of benzene rings is 2. The Morgan fingerprint density at radius 1 is 0.971 bits per heavy atom. The summed E-state index contributed by atoms with van der Waals surface area (Å²) in [7, 11) is 0. The molecule has 8 nitrogen and oxygen atoms in total. The van der Waals surface area contributed by atoms with Crippen LogP contribution in [0.5, 0.6) is 0 Å². The Balaban J connectivity index is 1.47. The first-order valence-electron chi connectivity index (χ1n) is 10.6. The molecule has 0 spiro atoms. The number of nitrogens with zero attached hydrogens (tertiary/aromatic N) is 4. The maximum Gasteiger partial charge on any atom is 0.281 e. The molecule has 0 saturated heterocycles. The molecule has 3 heterocycles. The van der Waals surface area contributed by atoms with Gasteiger partial charge in [0.15, 0.2) is 5.16 Å². The van der Waals surface area contributed by atoms with Gasteiger partial charge in [-0.05, 0) is 29.8 Å². The van der Waals surface area contributed by atoms with E-state index in [1.165, 1.54) is 28.4 Å². The number of aromatic nitrogens is 4. The van der Waals surface area contributed by atoms with E-state index in [-0.39, 0.29) is 34.4 Å². The fraction of sp³-hybridized carbons (Fsp3) is 0.0800. The van der Waals surface area contributed by atoms with Crippen LogP contribution in [0.2, 0.25) is 5.02 Å². The average Bonchev–Trinajstić information content (AvgIpc) is 2.86. The van der Waals surface area contributed by atoms with Gasteiger partial charge in [0.1, 0.15) is 5.65 Å². The summed E-state index contributed by atoms with van der Waals surface area (Å²) >= 11 is 7.18. The minimum atomic E-state index is -0.388. The maximum absolute atomic E-state index is 13.2. The molecule has 0 atom stereocenters. The number of para-hydroxylation sites is 1. The lowest BCUT2D eigenvalue weighted by Crippen LogP contribution is -2.35. The van der Waals surface area contributed by atoms with Crippen LogP contribution in [0.4, 0.5) is 0 Å². The van der Waals surface area contributed by atoms with Crippen molar-refractivity contribution >= 4 is 45.8 Å². The molecule has 35 heavy (non-hydrogen) atoms. The lowest BCUT2D eigenvalue weighted by Gasteiger charge is -2.14. The maximum atomic E-state index is 13.2. The lowest BCUT2D eigenvalue weighted by atomic mass is 10.1. The molecule has 2 aromatic carbocycles. The van der Waals surface area contributed by atoms with E-state index in [1.54, 1.807) is 36.4 Å². The fourth-order valence-corrected chi connectivity index (χ4v) is 4.60. The zero-order valence-electron chi connectivity index (χ0n) is 18.2. The topological polar surface area (TPSA) is 98.4 Å². The molecule has 1 amide bonds. The van der Waals surface area contributed by atoms with E-state index in [0.717, 1.165) is 10.2 Å². The zero-order chi connectivity index (χ0) is 24.4. The summed E-state index contributed by atoms with van der Waals surface area (Å²) in [5.41, 5.74) is 4.32. The molecular weight excluding hydrogens is 486 g/mol. The van der Waals surface area contributed by atoms with Gasteiger partial charge >= 0.3 is 0 Å². The molecule has 0 fully saturated rings. The number of carbonyl (C=O) groups excluding carboxylic acids is 1. The minimum absolute atomic E-state index is 0.107. The van der Waals surface area contributed by atoms with Crippen LogP contribution in [-0.4, -0.2) is 25.0 Å². The van der Waals surface area contributed by atoms with Gasteiger partial charge in [-0.25, -0.2) is 9.97 Å². The van der Waals surface area contributed by atoms with E-state index < -0.39 is 0 Å². The van der Waals surface area contributed by atoms with Crippen molar-refractivity contribution in [3.8, 4) is 0 Å². The van der Waals surface area contributed by atoms with E-state index in [2.05, 4.69) is 15.4 Å². The van der Waals surface area contributed by atoms with E-state index >= 15 is 0 Å². The van der Waals surface area contributed by atoms with Crippen LogP contribution < -0.4 is 16.5 Å². The number of thioether (sulfide) groups is 1. The molecule has 10 heteroatoms. The third-order valence-electron chi connectivity index (χ3n) is 5.21. The highest BCUT2D eigenvalue weighted by atomic mass is 35.5. The second kappa shape index (κ2) is 9.73. The number of halogens is 1. The normalized spacial score (nSPS) is 11.1. The van der Waals surface area contributed by atoms with Gasteiger partial charge in [0.05, 0.1) is 28.0 Å². The minimum Gasteiger partial charge on any atom is -0.273 e. The van der Waals surface area contributed by atoms with Crippen molar-refractivity contribution in [2.24, 2.45) is 0 Å². The lowest BCUT2D eigenvalue weighted by molar-refractivity contribution is -0.116. The van der Waals surface area contributed by atoms with E-state index in [4.69, 9.17) is 11.6 Å². The molecule has 5 aromatic rings. The van der Waals surface area contributed by atoms with Gasteiger partial charge in [0.2, 0.25) is 5.91 Å². The average molecular weight is 504 g/mol. The second-order valence-corrected chi connectivity index (χ2v) is 9.08. The van der Waals surface area contributed by atoms with Crippen molar-refractivity contribution in [2.75, 3.05) is 5.43 Å². The summed E-state index contributed by atoms with van der Waals surface area (Å²) in [6.45, 7) is 0. The van der Waals surface area contributed by atoms with E-state index in [0.29, 0.717) is 27.3 Å². The summed E-state index contributed by atoms with van der Waals surface area (Å²) in [5, 5.41) is 1.10. The molecule has 1 N–H and O–H groups in total. The van der Waals surface area contributed by atoms with Crippen LogP contribution in [-0.2, 0) is 17.0 Å². The summed E-state index contributed by atoms with van der Waals surface area (Å²) in [6.07, 6.45) is 1.61. The molecule has 0 bridgehead atoms. The largest absolute Gasteiger partial charge is 0.281 e. The van der Waals surface area contributed by atoms with Crippen LogP contribution in [0, 0.1) is 0 Å². The van der Waals surface area contributed by atoms with Crippen LogP contribution in [0.25, 0.3) is 16.6 Å². The van der Waals surface area contributed by atoms with E-state index in [1.807, 2.05) is 30.3 Å². The number of fused-ring (bicyclic) bond motifs is 2. The number of hydrogen-bond donors (Lipinski definition) is 1.